The quantitative estimate of drug-likeness (QED) is 0.674. The molecule has 0 atom stereocenters. The molecule has 0 radical (unpaired) electrons. The van der Waals surface area contributed by atoms with Crippen LogP contribution in [0, 0.1) is 0 Å². The summed E-state index contributed by atoms with van der Waals surface area (Å²) in [5, 5.41) is 0. The van der Waals surface area contributed by atoms with Gasteiger partial charge in [0.15, 0.2) is 0 Å². The smallest absolute Gasteiger partial charge is 0.148 e. The van der Waals surface area contributed by atoms with E-state index >= 15 is 0 Å². The molecule has 0 amide bonds. The fourth-order valence-corrected chi connectivity index (χ4v) is 2.92. The van der Waals surface area contributed by atoms with Crippen LogP contribution >= 0.6 is 11.6 Å². The largest absolute Gasteiger partial charge is 0.298 e. The van der Waals surface area contributed by atoms with Gasteiger partial charge < -0.3 is 0 Å². The summed E-state index contributed by atoms with van der Waals surface area (Å²) >= 11 is 5.73. The van der Waals surface area contributed by atoms with Gasteiger partial charge in [-0.3, -0.25) is 4.90 Å². The van der Waals surface area contributed by atoms with Crippen molar-refractivity contribution >= 4 is 21.4 Å². The lowest BCUT2D eigenvalue weighted by atomic mass is 10.2. The third kappa shape index (κ3) is 5.18. The van der Waals surface area contributed by atoms with Crippen molar-refractivity contribution in [3.8, 4) is 0 Å². The highest BCUT2D eigenvalue weighted by atomic mass is 35.5. The molecule has 0 aromatic heterocycles. The standard InChI is InChI=1S/C10H20ClNO2S/c1-15(13,14)9-8-12(7-6-11)10-4-2-3-5-10/h10H,2-9H2,1H3. The number of alkyl halides is 1. The van der Waals surface area contributed by atoms with Crippen LogP contribution in [0.15, 0.2) is 0 Å². The van der Waals surface area contributed by atoms with E-state index in [0.29, 0.717) is 18.5 Å². The molecule has 1 aliphatic rings. The van der Waals surface area contributed by atoms with Crippen molar-refractivity contribution in [2.24, 2.45) is 0 Å². The average molecular weight is 254 g/mol. The van der Waals surface area contributed by atoms with E-state index in [2.05, 4.69) is 4.90 Å². The Hall–Kier alpha value is 0.200. The number of hydrogen-bond donors (Lipinski definition) is 0. The van der Waals surface area contributed by atoms with E-state index in [1.807, 2.05) is 0 Å². The number of halogens is 1. The van der Waals surface area contributed by atoms with Crippen molar-refractivity contribution in [2.45, 2.75) is 31.7 Å². The maximum Gasteiger partial charge on any atom is 0.148 e. The Kier molecular flexibility index (Phi) is 5.36. The first-order valence-electron chi connectivity index (χ1n) is 5.50. The molecule has 0 bridgehead atoms. The molecule has 0 aromatic carbocycles. The highest BCUT2D eigenvalue weighted by Gasteiger charge is 2.22. The molecule has 1 fully saturated rings. The van der Waals surface area contributed by atoms with E-state index in [-0.39, 0.29) is 5.75 Å². The highest BCUT2D eigenvalue weighted by Crippen LogP contribution is 2.23. The topological polar surface area (TPSA) is 37.4 Å². The molecule has 0 aliphatic heterocycles. The number of nitrogens with zero attached hydrogens (tertiary/aromatic N) is 1. The Morgan fingerprint density at radius 1 is 1.27 bits per heavy atom. The first-order valence-corrected chi connectivity index (χ1v) is 8.10. The molecule has 0 aromatic rings. The molecule has 1 aliphatic carbocycles. The van der Waals surface area contributed by atoms with Gasteiger partial charge in [0.1, 0.15) is 9.84 Å². The minimum absolute atomic E-state index is 0.250. The van der Waals surface area contributed by atoms with Crippen LogP contribution in [0.3, 0.4) is 0 Å². The highest BCUT2D eigenvalue weighted by molar-refractivity contribution is 7.90. The Balaban J connectivity index is 2.42. The van der Waals surface area contributed by atoms with Gasteiger partial charge >= 0.3 is 0 Å². The molecule has 0 spiro atoms. The first kappa shape index (κ1) is 13.3. The Bertz CT molecular complexity index is 273. The third-order valence-corrected chi connectivity index (χ3v) is 4.06. The predicted octanol–water partition coefficient (Wildman–Crippen LogP) is 1.51. The van der Waals surface area contributed by atoms with Gasteiger partial charge in [0.25, 0.3) is 0 Å². The first-order chi connectivity index (χ1) is 7.03. The molecule has 0 heterocycles. The summed E-state index contributed by atoms with van der Waals surface area (Å²) in [5.74, 6) is 0.834. The monoisotopic (exact) mass is 253 g/mol. The van der Waals surface area contributed by atoms with Gasteiger partial charge in [0, 0.05) is 31.3 Å². The molecule has 1 rings (SSSR count). The van der Waals surface area contributed by atoms with E-state index in [1.54, 1.807) is 0 Å². The molecule has 90 valence electrons. The lowest BCUT2D eigenvalue weighted by Gasteiger charge is -2.27. The van der Waals surface area contributed by atoms with Gasteiger partial charge in [-0.25, -0.2) is 8.42 Å². The van der Waals surface area contributed by atoms with Crippen LogP contribution in [0.1, 0.15) is 25.7 Å². The average Bonchev–Trinajstić information content (AvgIpc) is 2.63. The molecule has 5 heteroatoms. The third-order valence-electron chi connectivity index (χ3n) is 2.96. The van der Waals surface area contributed by atoms with Crippen molar-refractivity contribution in [1.82, 2.24) is 4.90 Å². The second-order valence-corrected chi connectivity index (χ2v) is 6.93. The normalized spacial score (nSPS) is 18.9. The number of hydrogen-bond acceptors (Lipinski definition) is 3. The van der Waals surface area contributed by atoms with E-state index in [0.717, 1.165) is 6.54 Å². The Labute approximate surface area is 97.7 Å². The van der Waals surface area contributed by atoms with Crippen LogP contribution in [0.5, 0.6) is 0 Å². The molecule has 1 saturated carbocycles. The van der Waals surface area contributed by atoms with Crippen LogP contribution in [0.2, 0.25) is 0 Å². The molecule has 0 N–H and O–H groups in total. The summed E-state index contributed by atoms with van der Waals surface area (Å²) in [6.45, 7) is 1.44. The summed E-state index contributed by atoms with van der Waals surface area (Å²) < 4.78 is 22.2. The zero-order valence-corrected chi connectivity index (χ0v) is 10.9. The predicted molar refractivity (Wildman–Crippen MR) is 64.3 cm³/mol. The molecule has 3 nitrogen and oxygen atoms in total. The maximum atomic E-state index is 11.1. The number of sulfone groups is 1. The van der Waals surface area contributed by atoms with Gasteiger partial charge in [-0.05, 0) is 12.8 Å². The van der Waals surface area contributed by atoms with E-state index in [9.17, 15) is 8.42 Å². The van der Waals surface area contributed by atoms with Crippen LogP contribution in [0.25, 0.3) is 0 Å². The minimum atomic E-state index is -2.85. The lowest BCUT2D eigenvalue weighted by molar-refractivity contribution is 0.222. The van der Waals surface area contributed by atoms with E-state index < -0.39 is 9.84 Å². The van der Waals surface area contributed by atoms with Crippen molar-refractivity contribution in [2.75, 3.05) is 31.0 Å². The molecule has 15 heavy (non-hydrogen) atoms. The van der Waals surface area contributed by atoms with Crippen LogP contribution in [0.4, 0.5) is 0 Å². The van der Waals surface area contributed by atoms with E-state index in [4.69, 9.17) is 11.6 Å². The van der Waals surface area contributed by atoms with Crippen LogP contribution < -0.4 is 0 Å². The van der Waals surface area contributed by atoms with Crippen molar-refractivity contribution in [1.29, 1.82) is 0 Å². The zero-order valence-electron chi connectivity index (χ0n) is 9.28. The minimum Gasteiger partial charge on any atom is -0.298 e. The Morgan fingerprint density at radius 2 is 1.87 bits per heavy atom. The van der Waals surface area contributed by atoms with Gasteiger partial charge in [-0.1, -0.05) is 12.8 Å². The fourth-order valence-electron chi connectivity index (χ4n) is 2.14. The fraction of sp³-hybridized carbons (Fsp3) is 1.00. The van der Waals surface area contributed by atoms with Crippen molar-refractivity contribution < 1.29 is 8.42 Å². The number of rotatable bonds is 6. The van der Waals surface area contributed by atoms with Crippen molar-refractivity contribution in [3.05, 3.63) is 0 Å². The lowest BCUT2D eigenvalue weighted by Crippen LogP contribution is -2.38. The summed E-state index contributed by atoms with van der Waals surface area (Å²) in [4.78, 5) is 2.24. The van der Waals surface area contributed by atoms with E-state index in [1.165, 1.54) is 31.9 Å². The summed E-state index contributed by atoms with van der Waals surface area (Å²) in [6.07, 6.45) is 6.21. The SMILES string of the molecule is CS(=O)(=O)CCN(CCCl)C1CCCC1. The van der Waals surface area contributed by atoms with Crippen LogP contribution in [-0.4, -0.2) is 50.3 Å². The molecule has 0 unspecified atom stereocenters. The van der Waals surface area contributed by atoms with Gasteiger partial charge in [0.2, 0.25) is 0 Å². The van der Waals surface area contributed by atoms with Gasteiger partial charge in [0.05, 0.1) is 5.75 Å². The van der Waals surface area contributed by atoms with Gasteiger partial charge in [-0.15, -0.1) is 11.6 Å². The molecule has 0 saturated heterocycles. The summed E-state index contributed by atoms with van der Waals surface area (Å²) in [7, 11) is -2.85. The zero-order chi connectivity index (χ0) is 11.3. The Morgan fingerprint density at radius 3 is 2.33 bits per heavy atom. The molecular formula is C10H20ClNO2S. The second kappa shape index (κ2) is 6.06. The second-order valence-electron chi connectivity index (χ2n) is 4.29. The van der Waals surface area contributed by atoms with Gasteiger partial charge in [-0.2, -0.15) is 0 Å². The maximum absolute atomic E-state index is 11.1. The van der Waals surface area contributed by atoms with Crippen molar-refractivity contribution in [3.63, 3.8) is 0 Å². The molecular weight excluding hydrogens is 234 g/mol. The summed E-state index contributed by atoms with van der Waals surface area (Å²) in [5.41, 5.74) is 0. The van der Waals surface area contributed by atoms with Crippen LogP contribution in [-0.2, 0) is 9.84 Å². The summed E-state index contributed by atoms with van der Waals surface area (Å²) in [6, 6.07) is 0.561.